The Bertz CT molecular complexity index is 396. The molecule has 3 heteroatoms. The van der Waals surface area contributed by atoms with Gasteiger partial charge in [0.15, 0.2) is 11.5 Å². The maximum absolute atomic E-state index is 5.51. The van der Waals surface area contributed by atoms with E-state index in [2.05, 4.69) is 11.2 Å². The summed E-state index contributed by atoms with van der Waals surface area (Å²) in [4.78, 5) is 0. The SMILES string of the molecule is C#CC(C)NCc1ccc(OC)c(OCC)c1. The topological polar surface area (TPSA) is 30.5 Å². The Morgan fingerprint density at radius 3 is 2.76 bits per heavy atom. The summed E-state index contributed by atoms with van der Waals surface area (Å²) in [7, 11) is 1.64. The molecule has 0 radical (unpaired) electrons. The third kappa shape index (κ3) is 4.01. The van der Waals surface area contributed by atoms with Crippen LogP contribution in [-0.4, -0.2) is 19.8 Å². The fourth-order valence-electron chi connectivity index (χ4n) is 1.43. The molecule has 0 heterocycles. The Hall–Kier alpha value is -1.66. The molecular weight excluding hydrogens is 214 g/mol. The first-order valence-corrected chi connectivity index (χ1v) is 5.70. The molecular formula is C14H19NO2. The second kappa shape index (κ2) is 6.82. The van der Waals surface area contributed by atoms with Gasteiger partial charge in [-0.2, -0.15) is 0 Å². The van der Waals surface area contributed by atoms with Crippen LogP contribution < -0.4 is 14.8 Å². The summed E-state index contributed by atoms with van der Waals surface area (Å²) in [6.45, 7) is 5.24. The first kappa shape index (κ1) is 13.4. The van der Waals surface area contributed by atoms with E-state index in [0.717, 1.165) is 23.6 Å². The predicted octanol–water partition coefficient (Wildman–Crippen LogP) is 2.21. The third-order valence-electron chi connectivity index (χ3n) is 2.39. The highest BCUT2D eigenvalue weighted by Gasteiger charge is 2.05. The lowest BCUT2D eigenvalue weighted by Gasteiger charge is -2.12. The minimum absolute atomic E-state index is 0.0626. The van der Waals surface area contributed by atoms with Crippen LogP contribution in [0.1, 0.15) is 19.4 Å². The van der Waals surface area contributed by atoms with Crippen molar-refractivity contribution in [2.45, 2.75) is 26.4 Å². The van der Waals surface area contributed by atoms with Crippen LogP contribution in [0.2, 0.25) is 0 Å². The highest BCUT2D eigenvalue weighted by Crippen LogP contribution is 2.27. The van der Waals surface area contributed by atoms with E-state index in [0.29, 0.717) is 6.61 Å². The molecule has 0 amide bonds. The molecule has 0 fully saturated rings. The van der Waals surface area contributed by atoms with Crippen LogP contribution in [-0.2, 0) is 6.54 Å². The van der Waals surface area contributed by atoms with Gasteiger partial charge >= 0.3 is 0 Å². The minimum Gasteiger partial charge on any atom is -0.493 e. The van der Waals surface area contributed by atoms with Crippen LogP contribution in [0.5, 0.6) is 11.5 Å². The second-order valence-corrected chi connectivity index (χ2v) is 3.69. The number of ether oxygens (including phenoxy) is 2. The maximum atomic E-state index is 5.51. The summed E-state index contributed by atoms with van der Waals surface area (Å²) >= 11 is 0. The zero-order valence-corrected chi connectivity index (χ0v) is 10.6. The zero-order chi connectivity index (χ0) is 12.7. The lowest BCUT2D eigenvalue weighted by Crippen LogP contribution is -2.23. The molecule has 0 aromatic heterocycles. The molecule has 0 saturated heterocycles. The highest BCUT2D eigenvalue weighted by atomic mass is 16.5. The minimum atomic E-state index is 0.0626. The van der Waals surface area contributed by atoms with Gasteiger partial charge in [-0.15, -0.1) is 6.42 Å². The Balaban J connectivity index is 2.74. The molecule has 1 aromatic carbocycles. The number of terminal acetylenes is 1. The van der Waals surface area contributed by atoms with Gasteiger partial charge < -0.3 is 9.47 Å². The molecule has 0 saturated carbocycles. The first-order valence-electron chi connectivity index (χ1n) is 5.70. The van der Waals surface area contributed by atoms with E-state index in [1.165, 1.54) is 0 Å². The Kier molecular flexibility index (Phi) is 5.38. The van der Waals surface area contributed by atoms with Crippen molar-refractivity contribution >= 4 is 0 Å². The van der Waals surface area contributed by atoms with Crippen LogP contribution >= 0.6 is 0 Å². The molecule has 0 aliphatic rings. The predicted molar refractivity (Wildman–Crippen MR) is 69.3 cm³/mol. The number of nitrogens with one attached hydrogen (secondary N) is 1. The van der Waals surface area contributed by atoms with Gasteiger partial charge in [0, 0.05) is 6.54 Å². The monoisotopic (exact) mass is 233 g/mol. The maximum Gasteiger partial charge on any atom is 0.161 e. The van der Waals surface area contributed by atoms with Gasteiger partial charge in [0.25, 0.3) is 0 Å². The van der Waals surface area contributed by atoms with Crippen LogP contribution in [0, 0.1) is 12.3 Å². The molecule has 0 bridgehead atoms. The van der Waals surface area contributed by atoms with Crippen molar-refractivity contribution in [2.24, 2.45) is 0 Å². The van der Waals surface area contributed by atoms with E-state index in [9.17, 15) is 0 Å². The Morgan fingerprint density at radius 2 is 2.18 bits per heavy atom. The zero-order valence-electron chi connectivity index (χ0n) is 10.6. The Morgan fingerprint density at radius 1 is 1.41 bits per heavy atom. The van der Waals surface area contributed by atoms with Crippen molar-refractivity contribution in [1.29, 1.82) is 0 Å². The van der Waals surface area contributed by atoms with Crippen LogP contribution in [0.25, 0.3) is 0 Å². The van der Waals surface area contributed by atoms with E-state index < -0.39 is 0 Å². The standard InChI is InChI=1S/C14H19NO2/c1-5-11(3)15-10-12-7-8-13(16-4)14(9-12)17-6-2/h1,7-9,11,15H,6,10H2,2-4H3. The average Bonchev–Trinajstić information content (AvgIpc) is 2.36. The summed E-state index contributed by atoms with van der Waals surface area (Å²) < 4.78 is 10.7. The van der Waals surface area contributed by atoms with Crippen LogP contribution in [0.4, 0.5) is 0 Å². The number of rotatable bonds is 6. The summed E-state index contributed by atoms with van der Waals surface area (Å²) in [5, 5.41) is 3.22. The molecule has 0 aliphatic heterocycles. The Labute approximate surface area is 103 Å². The van der Waals surface area contributed by atoms with Gasteiger partial charge in [0.2, 0.25) is 0 Å². The van der Waals surface area contributed by atoms with Gasteiger partial charge in [0.05, 0.1) is 19.8 Å². The van der Waals surface area contributed by atoms with E-state index in [-0.39, 0.29) is 6.04 Å². The second-order valence-electron chi connectivity index (χ2n) is 3.69. The van der Waals surface area contributed by atoms with Crippen LogP contribution in [0.15, 0.2) is 18.2 Å². The molecule has 0 aliphatic carbocycles. The van der Waals surface area contributed by atoms with E-state index >= 15 is 0 Å². The molecule has 0 spiro atoms. The van der Waals surface area contributed by atoms with Gasteiger partial charge in [-0.1, -0.05) is 12.0 Å². The third-order valence-corrected chi connectivity index (χ3v) is 2.39. The van der Waals surface area contributed by atoms with Gasteiger partial charge in [0.1, 0.15) is 0 Å². The van der Waals surface area contributed by atoms with E-state index in [4.69, 9.17) is 15.9 Å². The molecule has 92 valence electrons. The summed E-state index contributed by atoms with van der Waals surface area (Å²) in [5.41, 5.74) is 1.12. The number of methoxy groups -OCH3 is 1. The smallest absolute Gasteiger partial charge is 0.161 e. The van der Waals surface area contributed by atoms with Crippen molar-refractivity contribution in [3.8, 4) is 23.8 Å². The largest absolute Gasteiger partial charge is 0.493 e. The summed E-state index contributed by atoms with van der Waals surface area (Å²) in [6, 6.07) is 5.94. The number of hydrogen-bond donors (Lipinski definition) is 1. The molecule has 1 N–H and O–H groups in total. The van der Waals surface area contributed by atoms with Gasteiger partial charge in [-0.05, 0) is 31.5 Å². The normalized spacial score (nSPS) is 11.6. The summed E-state index contributed by atoms with van der Waals surface area (Å²) in [6.07, 6.45) is 5.30. The van der Waals surface area contributed by atoms with E-state index in [1.807, 2.05) is 32.0 Å². The molecule has 1 rings (SSSR count). The molecule has 1 atom stereocenters. The molecule has 1 aromatic rings. The van der Waals surface area contributed by atoms with Crippen molar-refractivity contribution in [3.05, 3.63) is 23.8 Å². The highest BCUT2D eigenvalue weighted by molar-refractivity contribution is 5.42. The molecule has 17 heavy (non-hydrogen) atoms. The molecule has 1 unspecified atom stereocenters. The number of benzene rings is 1. The fourth-order valence-corrected chi connectivity index (χ4v) is 1.43. The van der Waals surface area contributed by atoms with Crippen molar-refractivity contribution in [1.82, 2.24) is 5.32 Å². The van der Waals surface area contributed by atoms with Crippen LogP contribution in [0.3, 0.4) is 0 Å². The van der Waals surface area contributed by atoms with Crippen molar-refractivity contribution in [2.75, 3.05) is 13.7 Å². The lowest BCUT2D eigenvalue weighted by molar-refractivity contribution is 0.310. The van der Waals surface area contributed by atoms with E-state index in [1.54, 1.807) is 7.11 Å². The van der Waals surface area contributed by atoms with Gasteiger partial charge in [-0.3, -0.25) is 5.32 Å². The van der Waals surface area contributed by atoms with Crippen molar-refractivity contribution in [3.63, 3.8) is 0 Å². The van der Waals surface area contributed by atoms with Crippen molar-refractivity contribution < 1.29 is 9.47 Å². The average molecular weight is 233 g/mol. The quantitative estimate of drug-likeness (QED) is 0.764. The van der Waals surface area contributed by atoms with Gasteiger partial charge in [-0.25, -0.2) is 0 Å². The molecule has 3 nitrogen and oxygen atoms in total. The number of hydrogen-bond acceptors (Lipinski definition) is 3. The fraction of sp³-hybridized carbons (Fsp3) is 0.429. The first-order chi connectivity index (χ1) is 8.21. The lowest BCUT2D eigenvalue weighted by atomic mass is 10.2. The summed E-state index contributed by atoms with van der Waals surface area (Å²) in [5.74, 6) is 4.15.